The van der Waals surface area contributed by atoms with E-state index in [4.69, 9.17) is 0 Å². The fourth-order valence-corrected chi connectivity index (χ4v) is 4.75. The highest BCUT2D eigenvalue weighted by Crippen LogP contribution is 2.26. The normalized spacial score (nSPS) is 14.9. The van der Waals surface area contributed by atoms with Crippen molar-refractivity contribution < 1.29 is 8.42 Å². The molecule has 2 aromatic carbocycles. The number of hydrogen-bond acceptors (Lipinski definition) is 7. The molecule has 0 bridgehead atoms. The Hall–Kier alpha value is -3.63. The highest BCUT2D eigenvalue weighted by atomic mass is 32.2. The quantitative estimate of drug-likeness (QED) is 0.407. The van der Waals surface area contributed by atoms with Gasteiger partial charge in [0.25, 0.3) is 0 Å². The minimum Gasteiger partial charge on any atom is -0.369 e. The molecule has 0 spiro atoms. The van der Waals surface area contributed by atoms with Crippen LogP contribution in [0.3, 0.4) is 0 Å². The van der Waals surface area contributed by atoms with Gasteiger partial charge >= 0.3 is 0 Å². The van der Waals surface area contributed by atoms with E-state index in [-0.39, 0.29) is 5.75 Å². The lowest BCUT2D eigenvalue weighted by Gasteiger charge is -2.34. The van der Waals surface area contributed by atoms with Gasteiger partial charge in [-0.3, -0.25) is 4.72 Å². The predicted octanol–water partition coefficient (Wildman–Crippen LogP) is 3.65. The zero-order chi connectivity index (χ0) is 24.4. The molecular formula is C25H29N7O2S. The van der Waals surface area contributed by atoms with Gasteiger partial charge in [0.2, 0.25) is 16.0 Å². The number of likely N-dealkylation sites (N-methyl/N-ethyl adjacent to an activating group) is 1. The molecule has 2 aromatic heterocycles. The van der Waals surface area contributed by atoms with Crippen molar-refractivity contribution in [3.63, 3.8) is 0 Å². The van der Waals surface area contributed by atoms with Crippen LogP contribution in [0.15, 0.2) is 66.9 Å². The number of nitrogens with zero attached hydrogens (tertiary/aromatic N) is 5. The maximum atomic E-state index is 12.0. The highest BCUT2D eigenvalue weighted by molar-refractivity contribution is 7.92. The van der Waals surface area contributed by atoms with E-state index >= 15 is 0 Å². The summed E-state index contributed by atoms with van der Waals surface area (Å²) >= 11 is 0. The van der Waals surface area contributed by atoms with Gasteiger partial charge in [-0.1, -0.05) is 12.1 Å². The molecule has 0 atom stereocenters. The van der Waals surface area contributed by atoms with Crippen LogP contribution in [0.4, 0.5) is 23.0 Å². The average molecular weight is 492 g/mol. The van der Waals surface area contributed by atoms with E-state index in [1.807, 2.05) is 36.4 Å². The molecule has 3 heterocycles. The molecule has 1 aliphatic rings. The second-order valence-electron chi connectivity index (χ2n) is 8.69. The number of sulfonamides is 1. The van der Waals surface area contributed by atoms with Gasteiger partial charge in [0.15, 0.2) is 0 Å². The van der Waals surface area contributed by atoms with E-state index in [1.54, 1.807) is 29.8 Å². The summed E-state index contributed by atoms with van der Waals surface area (Å²) in [5.74, 6) is 0.495. The second kappa shape index (κ2) is 9.55. The van der Waals surface area contributed by atoms with E-state index in [1.165, 1.54) is 5.69 Å². The first kappa shape index (κ1) is 23.1. The van der Waals surface area contributed by atoms with Crippen LogP contribution in [-0.4, -0.2) is 66.9 Å². The van der Waals surface area contributed by atoms with Gasteiger partial charge in [0.1, 0.15) is 0 Å². The Morgan fingerprint density at radius 2 is 1.71 bits per heavy atom. The molecule has 2 N–H and O–H groups in total. The molecule has 0 amide bonds. The number of aromatic nitrogens is 3. The van der Waals surface area contributed by atoms with Crippen LogP contribution < -0.4 is 14.9 Å². The van der Waals surface area contributed by atoms with Crippen LogP contribution in [0, 0.1) is 0 Å². The summed E-state index contributed by atoms with van der Waals surface area (Å²) in [6.07, 6.45) is 1.76. The number of nitrogens with one attached hydrogen (secondary N) is 2. The summed E-state index contributed by atoms with van der Waals surface area (Å²) < 4.78 is 28.4. The molecule has 35 heavy (non-hydrogen) atoms. The van der Waals surface area contributed by atoms with Gasteiger partial charge in [0, 0.05) is 48.8 Å². The minimum atomic E-state index is -3.35. The van der Waals surface area contributed by atoms with E-state index < -0.39 is 10.0 Å². The van der Waals surface area contributed by atoms with Crippen molar-refractivity contribution in [2.75, 3.05) is 53.9 Å². The van der Waals surface area contributed by atoms with Crippen molar-refractivity contribution in [2.45, 2.75) is 6.92 Å². The first-order valence-corrected chi connectivity index (χ1v) is 13.3. The molecule has 0 unspecified atom stereocenters. The number of anilines is 4. The molecule has 0 aliphatic carbocycles. The van der Waals surface area contributed by atoms with E-state index in [2.05, 4.69) is 49.1 Å². The highest BCUT2D eigenvalue weighted by Gasteiger charge is 2.14. The van der Waals surface area contributed by atoms with Gasteiger partial charge in [-0.15, -0.1) is 5.10 Å². The molecular weight excluding hydrogens is 462 g/mol. The van der Waals surface area contributed by atoms with Gasteiger partial charge in [-0.25, -0.2) is 17.9 Å². The van der Waals surface area contributed by atoms with Crippen molar-refractivity contribution in [3.05, 3.63) is 66.9 Å². The average Bonchev–Trinajstić information content (AvgIpc) is 3.28. The molecule has 1 aliphatic heterocycles. The van der Waals surface area contributed by atoms with Crippen LogP contribution >= 0.6 is 0 Å². The van der Waals surface area contributed by atoms with Crippen LogP contribution in [0.5, 0.6) is 0 Å². The lowest BCUT2D eigenvalue weighted by molar-refractivity contribution is 0.313. The molecule has 0 radical (unpaired) electrons. The molecule has 5 rings (SSSR count). The number of benzene rings is 2. The Kier molecular flexibility index (Phi) is 6.31. The molecule has 1 saturated heterocycles. The summed E-state index contributed by atoms with van der Waals surface area (Å²) in [5.41, 5.74) is 5.18. The predicted molar refractivity (Wildman–Crippen MR) is 141 cm³/mol. The van der Waals surface area contributed by atoms with E-state index in [0.717, 1.165) is 48.6 Å². The Bertz CT molecular complexity index is 1430. The third-order valence-electron chi connectivity index (χ3n) is 6.20. The SMILES string of the molecule is CCS(=O)(=O)Nc1cccc(-c2ccc3cnc(Nc4ccc(N5CCN(C)CC5)cc4)nn23)c1. The van der Waals surface area contributed by atoms with E-state index in [0.29, 0.717) is 11.6 Å². The maximum absolute atomic E-state index is 12.0. The monoisotopic (exact) mass is 491 g/mol. The zero-order valence-corrected chi connectivity index (χ0v) is 20.7. The van der Waals surface area contributed by atoms with Gasteiger partial charge in [0.05, 0.1) is 23.2 Å². The Morgan fingerprint density at radius 1 is 0.943 bits per heavy atom. The minimum absolute atomic E-state index is 0.0178. The van der Waals surface area contributed by atoms with Crippen molar-refractivity contribution in [3.8, 4) is 11.3 Å². The smallest absolute Gasteiger partial charge is 0.245 e. The largest absolute Gasteiger partial charge is 0.369 e. The van der Waals surface area contributed by atoms with Gasteiger partial charge < -0.3 is 15.1 Å². The molecule has 182 valence electrons. The fourth-order valence-electron chi connectivity index (χ4n) is 4.12. The zero-order valence-electron chi connectivity index (χ0n) is 19.8. The molecule has 0 saturated carbocycles. The number of fused-ring (bicyclic) bond motifs is 1. The molecule has 4 aromatic rings. The van der Waals surface area contributed by atoms with Crippen LogP contribution in [0.25, 0.3) is 16.8 Å². The third kappa shape index (κ3) is 5.23. The van der Waals surface area contributed by atoms with Gasteiger partial charge in [-0.05, 0) is 62.5 Å². The Labute approximate surface area is 205 Å². The van der Waals surface area contributed by atoms with Gasteiger partial charge in [-0.2, -0.15) is 0 Å². The first-order valence-electron chi connectivity index (χ1n) is 11.7. The van der Waals surface area contributed by atoms with Crippen molar-refractivity contribution in [1.29, 1.82) is 0 Å². The second-order valence-corrected chi connectivity index (χ2v) is 10.7. The number of hydrogen-bond donors (Lipinski definition) is 2. The standard InChI is InChI=1S/C25H29N7O2S/c1-3-35(33,34)29-21-6-4-5-19(17-21)24-12-11-23-18-26-25(28-32(23)24)27-20-7-9-22(10-8-20)31-15-13-30(2)14-16-31/h4-12,17-18,29H,3,13-16H2,1-2H3,(H,27,28). The summed E-state index contributed by atoms with van der Waals surface area (Å²) in [5, 5.41) is 7.98. The van der Waals surface area contributed by atoms with Crippen LogP contribution in [0.1, 0.15) is 6.92 Å². The summed E-state index contributed by atoms with van der Waals surface area (Å²) in [7, 11) is -1.20. The topological polar surface area (TPSA) is 94.9 Å². The molecule has 10 heteroatoms. The number of rotatable bonds is 7. The van der Waals surface area contributed by atoms with Crippen molar-refractivity contribution in [2.24, 2.45) is 0 Å². The summed E-state index contributed by atoms with van der Waals surface area (Å²) in [6.45, 7) is 5.81. The lowest BCUT2D eigenvalue weighted by atomic mass is 10.1. The molecule has 1 fully saturated rings. The summed E-state index contributed by atoms with van der Waals surface area (Å²) in [6, 6.07) is 19.5. The van der Waals surface area contributed by atoms with Crippen LogP contribution in [0.2, 0.25) is 0 Å². The summed E-state index contributed by atoms with van der Waals surface area (Å²) in [4.78, 5) is 9.19. The van der Waals surface area contributed by atoms with Crippen molar-refractivity contribution >= 4 is 38.6 Å². The Morgan fingerprint density at radius 3 is 2.46 bits per heavy atom. The van der Waals surface area contributed by atoms with Crippen LogP contribution in [-0.2, 0) is 10.0 Å². The maximum Gasteiger partial charge on any atom is 0.245 e. The number of piperazine rings is 1. The Balaban J connectivity index is 1.36. The van der Waals surface area contributed by atoms with Crippen molar-refractivity contribution in [1.82, 2.24) is 19.5 Å². The third-order valence-corrected chi connectivity index (χ3v) is 7.51. The first-order chi connectivity index (χ1) is 16.9. The molecule has 9 nitrogen and oxygen atoms in total. The fraction of sp³-hybridized carbons (Fsp3) is 0.280. The lowest BCUT2D eigenvalue weighted by Crippen LogP contribution is -2.44. The van der Waals surface area contributed by atoms with E-state index in [9.17, 15) is 8.42 Å².